The number of ether oxygens (including phenoxy) is 1. The number of methoxy groups -OCH3 is 1. The summed E-state index contributed by atoms with van der Waals surface area (Å²) in [6.07, 6.45) is 0. The summed E-state index contributed by atoms with van der Waals surface area (Å²) in [5.74, 6) is 1.13. The highest BCUT2D eigenvalue weighted by Gasteiger charge is 2.12. The number of hydrogen-bond donors (Lipinski definition) is 0. The maximum atomic E-state index is 11.1. The number of carbonyl (C=O) groups is 1. The van der Waals surface area contributed by atoms with Crippen LogP contribution in [0.1, 0.15) is 29.2 Å². The third kappa shape index (κ3) is 3.33. The zero-order chi connectivity index (χ0) is 13.9. The molecule has 0 bridgehead atoms. The van der Waals surface area contributed by atoms with Crippen molar-refractivity contribution >= 4 is 5.78 Å². The van der Waals surface area contributed by atoms with E-state index in [9.17, 15) is 4.79 Å². The second kappa shape index (κ2) is 6.01. The summed E-state index contributed by atoms with van der Waals surface area (Å²) >= 11 is 0. The Kier molecular flexibility index (Phi) is 4.91. The predicted octanol–water partition coefficient (Wildman–Crippen LogP) is 2.64. The minimum atomic E-state index is 0.193. The van der Waals surface area contributed by atoms with Gasteiger partial charge in [0.1, 0.15) is 11.5 Å². The summed E-state index contributed by atoms with van der Waals surface area (Å²) in [7, 11) is 3.67. The van der Waals surface area contributed by atoms with Crippen LogP contribution >= 0.6 is 0 Å². The number of carbonyl (C=O) groups excluding carboxylic acids is 1. The fourth-order valence-electron chi connectivity index (χ4n) is 2.26. The van der Waals surface area contributed by atoms with Gasteiger partial charge in [0.15, 0.2) is 0 Å². The quantitative estimate of drug-likeness (QED) is 0.803. The molecule has 0 unspecified atom stereocenters. The van der Waals surface area contributed by atoms with Crippen LogP contribution in [0, 0.1) is 20.8 Å². The summed E-state index contributed by atoms with van der Waals surface area (Å²) < 4.78 is 5.36. The monoisotopic (exact) mass is 249 g/mol. The van der Waals surface area contributed by atoms with E-state index in [0.29, 0.717) is 6.54 Å². The van der Waals surface area contributed by atoms with Gasteiger partial charge in [0, 0.05) is 6.54 Å². The molecular formula is C15H23NO2. The molecule has 0 saturated heterocycles. The molecule has 0 amide bonds. The van der Waals surface area contributed by atoms with E-state index in [1.807, 2.05) is 11.9 Å². The minimum absolute atomic E-state index is 0.193. The highest BCUT2D eigenvalue weighted by Crippen LogP contribution is 2.28. The number of likely N-dealkylation sites (N-methyl/N-ethyl adjacent to an activating group) is 1. The lowest BCUT2D eigenvalue weighted by molar-refractivity contribution is -0.117. The van der Waals surface area contributed by atoms with E-state index in [-0.39, 0.29) is 5.78 Å². The van der Waals surface area contributed by atoms with Gasteiger partial charge < -0.3 is 4.74 Å². The molecule has 0 heterocycles. The van der Waals surface area contributed by atoms with Gasteiger partial charge in [-0.1, -0.05) is 0 Å². The first-order valence-corrected chi connectivity index (χ1v) is 6.18. The molecular weight excluding hydrogens is 226 g/mol. The average Bonchev–Trinajstić information content (AvgIpc) is 2.28. The molecule has 0 atom stereocenters. The molecule has 0 aliphatic carbocycles. The summed E-state index contributed by atoms with van der Waals surface area (Å²) in [6, 6.07) is 2.07. The molecule has 0 aliphatic rings. The predicted molar refractivity (Wildman–Crippen MR) is 74.2 cm³/mol. The summed E-state index contributed by atoms with van der Waals surface area (Å²) in [4.78, 5) is 13.2. The third-order valence-corrected chi connectivity index (χ3v) is 3.35. The molecule has 0 radical (unpaired) electrons. The van der Waals surface area contributed by atoms with E-state index in [2.05, 4.69) is 26.8 Å². The van der Waals surface area contributed by atoms with Gasteiger partial charge in [0.25, 0.3) is 0 Å². The molecule has 100 valence electrons. The largest absolute Gasteiger partial charge is 0.496 e. The van der Waals surface area contributed by atoms with Crippen molar-refractivity contribution in [2.75, 3.05) is 20.7 Å². The zero-order valence-electron chi connectivity index (χ0n) is 12.3. The van der Waals surface area contributed by atoms with Gasteiger partial charge in [-0.05, 0) is 63.1 Å². The van der Waals surface area contributed by atoms with Gasteiger partial charge in [-0.15, -0.1) is 0 Å². The molecule has 0 aromatic heterocycles. The Labute approximate surface area is 110 Å². The van der Waals surface area contributed by atoms with Crippen molar-refractivity contribution in [3.8, 4) is 5.75 Å². The number of Topliss-reactive ketones (excluding diaryl/α,β-unsaturated/α-hetero) is 1. The first kappa shape index (κ1) is 14.7. The van der Waals surface area contributed by atoms with Gasteiger partial charge in [-0.3, -0.25) is 9.69 Å². The van der Waals surface area contributed by atoms with Crippen molar-refractivity contribution in [2.45, 2.75) is 34.2 Å². The fraction of sp³-hybridized carbons (Fsp3) is 0.533. The van der Waals surface area contributed by atoms with Crippen LogP contribution in [0.5, 0.6) is 5.75 Å². The van der Waals surface area contributed by atoms with Crippen molar-refractivity contribution in [1.82, 2.24) is 4.90 Å². The minimum Gasteiger partial charge on any atom is -0.496 e. The van der Waals surface area contributed by atoms with Crippen LogP contribution in [0.3, 0.4) is 0 Å². The third-order valence-electron chi connectivity index (χ3n) is 3.35. The van der Waals surface area contributed by atoms with Crippen LogP contribution in [0.15, 0.2) is 6.07 Å². The smallest absolute Gasteiger partial charge is 0.143 e. The van der Waals surface area contributed by atoms with E-state index in [4.69, 9.17) is 4.74 Å². The van der Waals surface area contributed by atoms with E-state index in [1.165, 1.54) is 22.3 Å². The first-order valence-electron chi connectivity index (χ1n) is 6.18. The molecule has 0 aliphatic heterocycles. The van der Waals surface area contributed by atoms with Crippen LogP contribution in [-0.4, -0.2) is 31.4 Å². The summed E-state index contributed by atoms with van der Waals surface area (Å²) in [5.41, 5.74) is 4.93. The lowest BCUT2D eigenvalue weighted by Gasteiger charge is -2.21. The first-order chi connectivity index (χ1) is 8.36. The highest BCUT2D eigenvalue weighted by molar-refractivity contribution is 5.77. The number of ketones is 1. The molecule has 0 spiro atoms. The molecule has 0 fully saturated rings. The standard InChI is InChI=1S/C15H23NO2/c1-10-7-15(18-6)13(4)12(3)14(10)9-16(5)8-11(2)17/h7H,8-9H2,1-6H3. The lowest BCUT2D eigenvalue weighted by Crippen LogP contribution is -2.24. The van der Waals surface area contributed by atoms with E-state index in [0.717, 1.165) is 12.3 Å². The number of benzene rings is 1. The van der Waals surface area contributed by atoms with Crippen LogP contribution in [0.25, 0.3) is 0 Å². The number of rotatable bonds is 5. The van der Waals surface area contributed by atoms with Gasteiger partial charge >= 0.3 is 0 Å². The molecule has 1 aromatic carbocycles. The normalized spacial score (nSPS) is 10.8. The Balaban J connectivity index is 3.03. The van der Waals surface area contributed by atoms with Crippen LogP contribution in [0.4, 0.5) is 0 Å². The average molecular weight is 249 g/mol. The van der Waals surface area contributed by atoms with Gasteiger partial charge in [0.05, 0.1) is 13.7 Å². The topological polar surface area (TPSA) is 29.5 Å². The second-order valence-corrected chi connectivity index (χ2v) is 5.00. The Morgan fingerprint density at radius 2 is 1.89 bits per heavy atom. The number of hydrogen-bond acceptors (Lipinski definition) is 3. The molecule has 3 nitrogen and oxygen atoms in total. The number of nitrogens with zero attached hydrogens (tertiary/aromatic N) is 1. The summed E-state index contributed by atoms with van der Waals surface area (Å²) in [6.45, 7) is 9.18. The molecule has 1 aromatic rings. The Hall–Kier alpha value is -1.35. The van der Waals surface area contributed by atoms with Gasteiger partial charge in [-0.2, -0.15) is 0 Å². The molecule has 18 heavy (non-hydrogen) atoms. The molecule has 0 saturated carbocycles. The number of aryl methyl sites for hydroxylation is 1. The molecule has 1 rings (SSSR count). The lowest BCUT2D eigenvalue weighted by atomic mass is 9.97. The maximum Gasteiger partial charge on any atom is 0.143 e. The van der Waals surface area contributed by atoms with Crippen LogP contribution < -0.4 is 4.74 Å². The van der Waals surface area contributed by atoms with Crippen molar-refractivity contribution < 1.29 is 9.53 Å². The van der Waals surface area contributed by atoms with E-state index >= 15 is 0 Å². The van der Waals surface area contributed by atoms with Gasteiger partial charge in [0.2, 0.25) is 0 Å². The van der Waals surface area contributed by atoms with Crippen molar-refractivity contribution in [2.24, 2.45) is 0 Å². The van der Waals surface area contributed by atoms with Crippen LogP contribution in [0.2, 0.25) is 0 Å². The maximum absolute atomic E-state index is 11.1. The van der Waals surface area contributed by atoms with E-state index < -0.39 is 0 Å². The van der Waals surface area contributed by atoms with Crippen LogP contribution in [-0.2, 0) is 11.3 Å². The van der Waals surface area contributed by atoms with Crippen molar-refractivity contribution in [3.63, 3.8) is 0 Å². The van der Waals surface area contributed by atoms with Crippen molar-refractivity contribution in [1.29, 1.82) is 0 Å². The molecule has 0 N–H and O–H groups in total. The Morgan fingerprint density at radius 3 is 2.39 bits per heavy atom. The Bertz CT molecular complexity index is 452. The Morgan fingerprint density at radius 1 is 1.28 bits per heavy atom. The summed E-state index contributed by atoms with van der Waals surface area (Å²) in [5, 5.41) is 0. The fourth-order valence-corrected chi connectivity index (χ4v) is 2.26. The second-order valence-electron chi connectivity index (χ2n) is 5.00. The molecule has 3 heteroatoms. The zero-order valence-corrected chi connectivity index (χ0v) is 12.3. The van der Waals surface area contributed by atoms with Crippen molar-refractivity contribution in [3.05, 3.63) is 28.3 Å². The van der Waals surface area contributed by atoms with Gasteiger partial charge in [-0.25, -0.2) is 0 Å². The van der Waals surface area contributed by atoms with E-state index in [1.54, 1.807) is 14.0 Å². The highest BCUT2D eigenvalue weighted by atomic mass is 16.5. The SMILES string of the molecule is COc1cc(C)c(CN(C)CC(C)=O)c(C)c1C.